The van der Waals surface area contributed by atoms with Crippen molar-refractivity contribution in [2.24, 2.45) is 0 Å². The standard InChI is InChI=1S/C22H25N3O6/c26-21(19-14-28-9-11-30-19)24-16-4-6-18(7-5-16)25(13-17-3-1-2-8-23-17)22(27)20-15-29-10-12-31-20/h1-8,19-20H,9-15H2,(H,24,26). The van der Waals surface area contributed by atoms with Gasteiger partial charge in [0.05, 0.1) is 51.9 Å². The number of ether oxygens (including phenoxy) is 4. The fourth-order valence-electron chi connectivity index (χ4n) is 3.34. The number of carbonyl (C=O) groups is 2. The van der Waals surface area contributed by atoms with Gasteiger partial charge in [-0.05, 0) is 36.4 Å². The summed E-state index contributed by atoms with van der Waals surface area (Å²) in [4.78, 5) is 31.4. The van der Waals surface area contributed by atoms with E-state index in [2.05, 4.69) is 10.3 Å². The lowest BCUT2D eigenvalue weighted by Crippen LogP contribution is -2.45. The lowest BCUT2D eigenvalue weighted by atomic mass is 10.2. The highest BCUT2D eigenvalue weighted by Gasteiger charge is 2.29. The molecule has 2 aliphatic heterocycles. The highest BCUT2D eigenvalue weighted by molar-refractivity contribution is 5.97. The van der Waals surface area contributed by atoms with Crippen LogP contribution in [0.25, 0.3) is 0 Å². The van der Waals surface area contributed by atoms with Crippen LogP contribution in [-0.2, 0) is 35.1 Å². The second-order valence-electron chi connectivity index (χ2n) is 7.15. The van der Waals surface area contributed by atoms with Gasteiger partial charge in [0.1, 0.15) is 0 Å². The summed E-state index contributed by atoms with van der Waals surface area (Å²) in [6, 6.07) is 12.6. The molecule has 2 aliphatic rings. The Balaban J connectivity index is 1.48. The Bertz CT molecular complexity index is 865. The maximum absolute atomic E-state index is 13.2. The van der Waals surface area contributed by atoms with E-state index in [4.69, 9.17) is 18.9 Å². The average molecular weight is 427 g/mol. The van der Waals surface area contributed by atoms with Crippen molar-refractivity contribution in [3.63, 3.8) is 0 Å². The summed E-state index contributed by atoms with van der Waals surface area (Å²) < 4.78 is 21.7. The number of benzene rings is 1. The third-order valence-electron chi connectivity index (χ3n) is 4.96. The van der Waals surface area contributed by atoms with Crippen LogP contribution in [-0.4, -0.2) is 68.6 Å². The number of aromatic nitrogens is 1. The van der Waals surface area contributed by atoms with Crippen molar-refractivity contribution < 1.29 is 28.5 Å². The lowest BCUT2D eigenvalue weighted by molar-refractivity contribution is -0.145. The second kappa shape index (κ2) is 10.5. The van der Waals surface area contributed by atoms with Gasteiger partial charge in [-0.1, -0.05) is 6.07 Å². The Morgan fingerprint density at radius 1 is 0.935 bits per heavy atom. The molecule has 9 nitrogen and oxygen atoms in total. The largest absolute Gasteiger partial charge is 0.376 e. The highest BCUT2D eigenvalue weighted by atomic mass is 16.6. The Labute approximate surface area is 180 Å². The van der Waals surface area contributed by atoms with Crippen LogP contribution in [0.15, 0.2) is 48.7 Å². The number of carbonyl (C=O) groups excluding carboxylic acids is 2. The molecule has 1 aromatic heterocycles. The van der Waals surface area contributed by atoms with E-state index in [1.807, 2.05) is 18.2 Å². The Morgan fingerprint density at radius 2 is 1.65 bits per heavy atom. The van der Waals surface area contributed by atoms with Gasteiger partial charge in [-0.15, -0.1) is 0 Å². The second-order valence-corrected chi connectivity index (χ2v) is 7.15. The minimum absolute atomic E-state index is 0.199. The zero-order chi connectivity index (χ0) is 21.5. The van der Waals surface area contributed by atoms with Crippen molar-refractivity contribution >= 4 is 23.2 Å². The van der Waals surface area contributed by atoms with Crippen LogP contribution in [0.3, 0.4) is 0 Å². The van der Waals surface area contributed by atoms with Gasteiger partial charge >= 0.3 is 0 Å². The minimum atomic E-state index is -0.666. The van der Waals surface area contributed by atoms with E-state index in [1.165, 1.54) is 0 Å². The van der Waals surface area contributed by atoms with Gasteiger partial charge in [-0.25, -0.2) is 0 Å². The van der Waals surface area contributed by atoms with E-state index in [1.54, 1.807) is 35.4 Å². The fraction of sp³-hybridized carbons (Fsp3) is 0.409. The van der Waals surface area contributed by atoms with Crippen molar-refractivity contribution in [1.82, 2.24) is 4.98 Å². The van der Waals surface area contributed by atoms with E-state index in [-0.39, 0.29) is 25.0 Å². The summed E-state index contributed by atoms with van der Waals surface area (Å²) in [5.74, 6) is -0.462. The Hall–Kier alpha value is -2.85. The lowest BCUT2D eigenvalue weighted by Gasteiger charge is -2.29. The Morgan fingerprint density at radius 3 is 2.26 bits per heavy atom. The van der Waals surface area contributed by atoms with Crippen LogP contribution in [0.5, 0.6) is 0 Å². The van der Waals surface area contributed by atoms with Crippen molar-refractivity contribution in [2.45, 2.75) is 18.8 Å². The number of hydrogen-bond acceptors (Lipinski definition) is 7. The summed E-state index contributed by atoms with van der Waals surface area (Å²) in [6.07, 6.45) is 0.396. The van der Waals surface area contributed by atoms with Gasteiger partial charge in [-0.3, -0.25) is 14.6 Å². The van der Waals surface area contributed by atoms with E-state index < -0.39 is 12.2 Å². The topological polar surface area (TPSA) is 99.2 Å². The van der Waals surface area contributed by atoms with Crippen molar-refractivity contribution in [3.05, 3.63) is 54.4 Å². The molecule has 31 heavy (non-hydrogen) atoms. The van der Waals surface area contributed by atoms with Crippen LogP contribution in [0.4, 0.5) is 11.4 Å². The van der Waals surface area contributed by atoms with Gasteiger partial charge < -0.3 is 29.2 Å². The molecule has 9 heteroatoms. The molecule has 1 N–H and O–H groups in total. The van der Waals surface area contributed by atoms with E-state index in [0.29, 0.717) is 44.3 Å². The normalized spacial score (nSPS) is 21.3. The van der Waals surface area contributed by atoms with E-state index in [9.17, 15) is 9.59 Å². The molecule has 2 fully saturated rings. The quantitative estimate of drug-likeness (QED) is 0.744. The van der Waals surface area contributed by atoms with Crippen LogP contribution >= 0.6 is 0 Å². The van der Waals surface area contributed by atoms with Crippen LogP contribution < -0.4 is 10.2 Å². The van der Waals surface area contributed by atoms with Gasteiger partial charge in [-0.2, -0.15) is 0 Å². The predicted octanol–water partition coefficient (Wildman–Crippen LogP) is 1.38. The molecule has 2 atom stereocenters. The third-order valence-corrected chi connectivity index (χ3v) is 4.96. The molecule has 3 heterocycles. The molecular weight excluding hydrogens is 402 g/mol. The van der Waals surface area contributed by atoms with Gasteiger partial charge in [0.15, 0.2) is 12.2 Å². The first-order valence-electron chi connectivity index (χ1n) is 10.2. The molecule has 4 rings (SSSR count). The molecule has 0 aliphatic carbocycles. The molecule has 2 unspecified atom stereocenters. The van der Waals surface area contributed by atoms with Crippen LogP contribution in [0, 0.1) is 0 Å². The third kappa shape index (κ3) is 5.65. The Kier molecular flexibility index (Phi) is 7.21. The van der Waals surface area contributed by atoms with Crippen LogP contribution in [0.1, 0.15) is 5.69 Å². The molecule has 0 saturated carbocycles. The first-order valence-corrected chi connectivity index (χ1v) is 10.2. The maximum atomic E-state index is 13.2. The van der Waals surface area contributed by atoms with Gasteiger partial charge in [0.25, 0.3) is 11.8 Å². The zero-order valence-corrected chi connectivity index (χ0v) is 17.1. The summed E-state index contributed by atoms with van der Waals surface area (Å²) in [7, 11) is 0. The molecular formula is C22H25N3O6. The van der Waals surface area contributed by atoms with Crippen molar-refractivity contribution in [1.29, 1.82) is 0 Å². The van der Waals surface area contributed by atoms with E-state index in [0.717, 1.165) is 5.69 Å². The van der Waals surface area contributed by atoms with Gasteiger partial charge in [0.2, 0.25) is 0 Å². The number of hydrogen-bond donors (Lipinski definition) is 1. The molecule has 2 aromatic rings. The smallest absolute Gasteiger partial charge is 0.258 e. The predicted molar refractivity (Wildman–Crippen MR) is 112 cm³/mol. The number of amides is 2. The summed E-state index contributed by atoms with van der Waals surface area (Å²) >= 11 is 0. The maximum Gasteiger partial charge on any atom is 0.258 e. The van der Waals surface area contributed by atoms with E-state index >= 15 is 0 Å². The molecule has 1 aromatic carbocycles. The van der Waals surface area contributed by atoms with Crippen molar-refractivity contribution in [2.75, 3.05) is 49.9 Å². The average Bonchev–Trinajstić information content (AvgIpc) is 2.84. The molecule has 0 radical (unpaired) electrons. The van der Waals surface area contributed by atoms with Crippen molar-refractivity contribution in [3.8, 4) is 0 Å². The number of anilines is 2. The number of rotatable bonds is 6. The zero-order valence-electron chi connectivity index (χ0n) is 17.1. The highest BCUT2D eigenvalue weighted by Crippen LogP contribution is 2.22. The summed E-state index contributed by atoms with van der Waals surface area (Å²) in [5, 5.41) is 2.82. The molecule has 164 valence electrons. The molecule has 2 saturated heterocycles. The minimum Gasteiger partial charge on any atom is -0.376 e. The number of nitrogens with zero attached hydrogens (tertiary/aromatic N) is 2. The summed E-state index contributed by atoms with van der Waals surface area (Å²) in [5.41, 5.74) is 2.02. The van der Waals surface area contributed by atoms with Crippen LogP contribution in [0.2, 0.25) is 0 Å². The molecule has 0 bridgehead atoms. The first-order chi connectivity index (χ1) is 15.2. The summed E-state index contributed by atoms with van der Waals surface area (Å²) in [6.45, 7) is 2.50. The SMILES string of the molecule is O=C(Nc1ccc(N(Cc2ccccn2)C(=O)C2COCCO2)cc1)C1COCCO1. The first kappa shape index (κ1) is 21.4. The monoisotopic (exact) mass is 427 g/mol. The number of nitrogens with one attached hydrogen (secondary N) is 1. The fourth-order valence-corrected chi connectivity index (χ4v) is 3.34. The number of pyridine rings is 1. The molecule has 0 spiro atoms. The molecule has 2 amide bonds. The van der Waals surface area contributed by atoms with Gasteiger partial charge in [0, 0.05) is 17.6 Å².